The molecule has 1 rings (SSSR count). The smallest absolute Gasteiger partial charge is 0.137 e. The summed E-state index contributed by atoms with van der Waals surface area (Å²) >= 11 is 0. The first-order chi connectivity index (χ1) is 9.19. The standard InChI is InChI=1S/C16H25NO2/c1-3-13(9-10-17)7-8-15(18)11-14-5-4-6-16(12-14)19-2/h4-6,12-13H,3,7-11,17H2,1-2H3. The molecular formula is C16H25NO2. The van der Waals surface area contributed by atoms with Gasteiger partial charge in [-0.15, -0.1) is 0 Å². The molecule has 0 saturated heterocycles. The number of hydrogen-bond donors (Lipinski definition) is 1. The van der Waals surface area contributed by atoms with Gasteiger partial charge in [0.25, 0.3) is 0 Å². The summed E-state index contributed by atoms with van der Waals surface area (Å²) in [4.78, 5) is 12.0. The van der Waals surface area contributed by atoms with Gasteiger partial charge in [0.15, 0.2) is 0 Å². The minimum atomic E-state index is 0.295. The van der Waals surface area contributed by atoms with Crippen LogP contribution < -0.4 is 10.5 Å². The van der Waals surface area contributed by atoms with Crippen LogP contribution in [0.1, 0.15) is 38.2 Å². The zero-order chi connectivity index (χ0) is 14.1. The molecule has 1 aromatic carbocycles. The van der Waals surface area contributed by atoms with Crippen LogP contribution in [0, 0.1) is 5.92 Å². The van der Waals surface area contributed by atoms with E-state index in [1.54, 1.807) is 7.11 Å². The van der Waals surface area contributed by atoms with Crippen molar-refractivity contribution in [2.45, 2.75) is 39.0 Å². The Kier molecular flexibility index (Phi) is 7.19. The third-order valence-electron chi connectivity index (χ3n) is 3.52. The molecule has 19 heavy (non-hydrogen) atoms. The predicted octanol–water partition coefficient (Wildman–Crippen LogP) is 2.96. The van der Waals surface area contributed by atoms with Crippen molar-refractivity contribution in [2.24, 2.45) is 11.7 Å². The van der Waals surface area contributed by atoms with Crippen molar-refractivity contribution < 1.29 is 9.53 Å². The van der Waals surface area contributed by atoms with Gasteiger partial charge in [-0.2, -0.15) is 0 Å². The van der Waals surface area contributed by atoms with Crippen LogP contribution >= 0.6 is 0 Å². The van der Waals surface area contributed by atoms with Gasteiger partial charge in [0.2, 0.25) is 0 Å². The number of Topliss-reactive ketones (excluding diaryl/α,β-unsaturated/α-hetero) is 1. The van der Waals surface area contributed by atoms with Gasteiger partial charge < -0.3 is 10.5 Å². The lowest BCUT2D eigenvalue weighted by atomic mass is 9.94. The monoisotopic (exact) mass is 263 g/mol. The topological polar surface area (TPSA) is 52.3 Å². The van der Waals surface area contributed by atoms with Crippen molar-refractivity contribution in [1.29, 1.82) is 0 Å². The van der Waals surface area contributed by atoms with Crippen LogP contribution in [0.2, 0.25) is 0 Å². The number of nitrogens with two attached hydrogens (primary N) is 1. The number of rotatable bonds is 9. The summed E-state index contributed by atoms with van der Waals surface area (Å²) in [5.41, 5.74) is 6.59. The molecule has 106 valence electrons. The molecule has 3 nitrogen and oxygen atoms in total. The van der Waals surface area contributed by atoms with Crippen LogP contribution in [-0.2, 0) is 11.2 Å². The number of hydrogen-bond acceptors (Lipinski definition) is 3. The van der Waals surface area contributed by atoms with E-state index in [0.717, 1.165) is 30.6 Å². The van der Waals surface area contributed by atoms with E-state index in [2.05, 4.69) is 6.92 Å². The van der Waals surface area contributed by atoms with E-state index in [0.29, 0.717) is 31.1 Å². The zero-order valence-corrected chi connectivity index (χ0v) is 12.0. The molecule has 0 aromatic heterocycles. The number of ether oxygens (including phenoxy) is 1. The highest BCUT2D eigenvalue weighted by atomic mass is 16.5. The highest BCUT2D eigenvalue weighted by Crippen LogP contribution is 2.17. The number of ketones is 1. The van der Waals surface area contributed by atoms with Gasteiger partial charge in [-0.1, -0.05) is 25.5 Å². The fraction of sp³-hybridized carbons (Fsp3) is 0.562. The Morgan fingerprint density at radius 1 is 1.37 bits per heavy atom. The van der Waals surface area contributed by atoms with E-state index in [4.69, 9.17) is 10.5 Å². The quantitative estimate of drug-likeness (QED) is 0.745. The minimum absolute atomic E-state index is 0.295. The molecule has 0 aliphatic carbocycles. The van der Waals surface area contributed by atoms with Crippen molar-refractivity contribution in [2.75, 3.05) is 13.7 Å². The Hall–Kier alpha value is -1.35. The van der Waals surface area contributed by atoms with E-state index in [1.165, 1.54) is 0 Å². The average Bonchev–Trinajstić information content (AvgIpc) is 2.43. The second kappa shape index (κ2) is 8.70. The molecule has 0 spiro atoms. The maximum atomic E-state index is 12.0. The zero-order valence-electron chi connectivity index (χ0n) is 12.0. The van der Waals surface area contributed by atoms with Gasteiger partial charge in [0.1, 0.15) is 11.5 Å². The molecule has 1 aromatic rings. The lowest BCUT2D eigenvalue weighted by molar-refractivity contribution is -0.118. The van der Waals surface area contributed by atoms with Gasteiger partial charge in [-0.25, -0.2) is 0 Å². The van der Waals surface area contributed by atoms with Crippen LogP contribution in [0.5, 0.6) is 5.75 Å². The van der Waals surface area contributed by atoms with E-state index in [-0.39, 0.29) is 0 Å². The summed E-state index contributed by atoms with van der Waals surface area (Å²) in [6.45, 7) is 2.87. The lowest BCUT2D eigenvalue weighted by Gasteiger charge is -2.12. The second-order valence-electron chi connectivity index (χ2n) is 4.96. The summed E-state index contributed by atoms with van der Waals surface area (Å²) in [6, 6.07) is 7.71. The highest BCUT2D eigenvalue weighted by Gasteiger charge is 2.10. The summed E-state index contributed by atoms with van der Waals surface area (Å²) < 4.78 is 5.16. The largest absolute Gasteiger partial charge is 0.497 e. The normalized spacial score (nSPS) is 12.2. The first-order valence-corrected chi connectivity index (χ1v) is 7.04. The Morgan fingerprint density at radius 2 is 2.16 bits per heavy atom. The van der Waals surface area contributed by atoms with Crippen molar-refractivity contribution >= 4 is 5.78 Å². The number of carbonyl (C=O) groups excluding carboxylic acids is 1. The van der Waals surface area contributed by atoms with Crippen molar-refractivity contribution in [3.8, 4) is 5.75 Å². The van der Waals surface area contributed by atoms with Gasteiger partial charge in [0.05, 0.1) is 7.11 Å². The van der Waals surface area contributed by atoms with Crippen LogP contribution in [0.25, 0.3) is 0 Å². The van der Waals surface area contributed by atoms with Crippen LogP contribution in [0.15, 0.2) is 24.3 Å². The van der Waals surface area contributed by atoms with Crippen molar-refractivity contribution in [3.05, 3.63) is 29.8 Å². The molecule has 0 fully saturated rings. The number of carbonyl (C=O) groups is 1. The Labute approximate surface area is 116 Å². The fourth-order valence-corrected chi connectivity index (χ4v) is 2.25. The summed E-state index contributed by atoms with van der Waals surface area (Å²) in [7, 11) is 1.64. The third-order valence-corrected chi connectivity index (χ3v) is 3.52. The van der Waals surface area contributed by atoms with Crippen LogP contribution in [0.3, 0.4) is 0 Å². The molecule has 0 amide bonds. The van der Waals surface area contributed by atoms with Gasteiger partial charge in [0, 0.05) is 12.8 Å². The third kappa shape index (κ3) is 5.88. The van der Waals surface area contributed by atoms with E-state index in [9.17, 15) is 4.79 Å². The number of methoxy groups -OCH3 is 1. The molecule has 0 aliphatic rings. The summed E-state index contributed by atoms with van der Waals surface area (Å²) in [5, 5.41) is 0. The number of benzene rings is 1. The average molecular weight is 263 g/mol. The first-order valence-electron chi connectivity index (χ1n) is 7.04. The molecule has 0 saturated carbocycles. The molecule has 2 N–H and O–H groups in total. The molecule has 1 atom stereocenters. The second-order valence-corrected chi connectivity index (χ2v) is 4.96. The SMILES string of the molecule is CCC(CCN)CCC(=O)Cc1cccc(OC)c1. The molecular weight excluding hydrogens is 238 g/mol. The van der Waals surface area contributed by atoms with Gasteiger partial charge in [-0.05, 0) is 43.0 Å². The van der Waals surface area contributed by atoms with Crippen LogP contribution in [0.4, 0.5) is 0 Å². The Morgan fingerprint density at radius 3 is 2.79 bits per heavy atom. The van der Waals surface area contributed by atoms with E-state index in [1.807, 2.05) is 24.3 Å². The van der Waals surface area contributed by atoms with Crippen molar-refractivity contribution in [3.63, 3.8) is 0 Å². The predicted molar refractivity (Wildman–Crippen MR) is 78.4 cm³/mol. The van der Waals surface area contributed by atoms with E-state index >= 15 is 0 Å². The molecule has 0 heterocycles. The summed E-state index contributed by atoms with van der Waals surface area (Å²) in [6.07, 6.45) is 4.22. The highest BCUT2D eigenvalue weighted by molar-refractivity contribution is 5.80. The maximum Gasteiger partial charge on any atom is 0.137 e. The first kappa shape index (κ1) is 15.7. The van der Waals surface area contributed by atoms with Gasteiger partial charge in [-0.3, -0.25) is 4.79 Å². The minimum Gasteiger partial charge on any atom is -0.497 e. The van der Waals surface area contributed by atoms with Crippen molar-refractivity contribution in [1.82, 2.24) is 0 Å². The lowest BCUT2D eigenvalue weighted by Crippen LogP contribution is -2.11. The molecule has 0 aliphatic heterocycles. The Balaban J connectivity index is 2.41. The van der Waals surface area contributed by atoms with E-state index < -0.39 is 0 Å². The Bertz CT molecular complexity index is 390. The van der Waals surface area contributed by atoms with Crippen LogP contribution in [-0.4, -0.2) is 19.4 Å². The molecule has 0 bridgehead atoms. The maximum absolute atomic E-state index is 12.0. The van der Waals surface area contributed by atoms with Gasteiger partial charge >= 0.3 is 0 Å². The molecule has 3 heteroatoms. The molecule has 0 radical (unpaired) electrons. The fourth-order valence-electron chi connectivity index (χ4n) is 2.25. The summed E-state index contributed by atoms with van der Waals surface area (Å²) in [5.74, 6) is 1.68. The molecule has 1 unspecified atom stereocenters.